The van der Waals surface area contributed by atoms with Gasteiger partial charge in [-0.3, -0.25) is 0 Å². The van der Waals surface area contributed by atoms with Crippen LogP contribution in [0.1, 0.15) is 5.56 Å². The summed E-state index contributed by atoms with van der Waals surface area (Å²) in [5, 5.41) is 20.7. The molecule has 0 aromatic heterocycles. The number of nitrogens with zero attached hydrogens (tertiary/aromatic N) is 2. The SMILES string of the molecule is CNc1ccc(N=Nc2ccc(O)c(C)c2)cc1. The van der Waals surface area contributed by atoms with E-state index < -0.39 is 0 Å². The third-order valence-corrected chi connectivity index (χ3v) is 2.62. The third-order valence-electron chi connectivity index (χ3n) is 2.62. The van der Waals surface area contributed by atoms with Crippen LogP contribution in [0, 0.1) is 6.92 Å². The summed E-state index contributed by atoms with van der Waals surface area (Å²) in [6, 6.07) is 12.8. The fourth-order valence-corrected chi connectivity index (χ4v) is 1.51. The van der Waals surface area contributed by atoms with E-state index in [9.17, 15) is 5.11 Å². The largest absolute Gasteiger partial charge is 0.508 e. The van der Waals surface area contributed by atoms with E-state index in [0.717, 1.165) is 22.6 Å². The summed E-state index contributed by atoms with van der Waals surface area (Å²) in [4.78, 5) is 0. The average molecular weight is 241 g/mol. The number of aromatic hydroxyl groups is 1. The van der Waals surface area contributed by atoms with Crippen LogP contribution < -0.4 is 5.32 Å². The maximum atomic E-state index is 9.41. The Balaban J connectivity index is 2.16. The molecule has 0 amide bonds. The molecular weight excluding hydrogens is 226 g/mol. The molecule has 2 aromatic rings. The Labute approximate surface area is 106 Å². The Kier molecular flexibility index (Phi) is 3.57. The zero-order valence-corrected chi connectivity index (χ0v) is 10.4. The van der Waals surface area contributed by atoms with Gasteiger partial charge in [-0.1, -0.05) is 0 Å². The van der Waals surface area contributed by atoms with Gasteiger partial charge in [-0.05, 0) is 55.0 Å². The van der Waals surface area contributed by atoms with Crippen LogP contribution in [0.3, 0.4) is 0 Å². The number of azo groups is 1. The Hall–Kier alpha value is -2.36. The van der Waals surface area contributed by atoms with Crippen molar-refractivity contribution in [2.24, 2.45) is 10.2 Å². The first-order valence-electron chi connectivity index (χ1n) is 5.68. The standard InChI is InChI=1S/C14H15N3O/c1-10-9-13(7-8-14(10)18)17-16-12-5-3-11(15-2)4-6-12/h3-9,15,18H,1-2H3. The molecular formula is C14H15N3O. The predicted octanol–water partition coefficient (Wildman–Crippen LogP) is 4.16. The van der Waals surface area contributed by atoms with Gasteiger partial charge in [0.15, 0.2) is 0 Å². The lowest BCUT2D eigenvalue weighted by molar-refractivity contribution is 0.471. The molecule has 0 atom stereocenters. The summed E-state index contributed by atoms with van der Waals surface area (Å²) < 4.78 is 0. The number of benzene rings is 2. The molecule has 0 bridgehead atoms. The van der Waals surface area contributed by atoms with Gasteiger partial charge in [0, 0.05) is 12.7 Å². The topological polar surface area (TPSA) is 57.0 Å². The van der Waals surface area contributed by atoms with Crippen LogP contribution in [0.25, 0.3) is 0 Å². The summed E-state index contributed by atoms with van der Waals surface area (Å²) in [5.41, 5.74) is 3.34. The summed E-state index contributed by atoms with van der Waals surface area (Å²) in [6.45, 7) is 1.83. The molecule has 92 valence electrons. The van der Waals surface area contributed by atoms with Crippen LogP contribution in [-0.2, 0) is 0 Å². The number of hydrogen-bond donors (Lipinski definition) is 2. The van der Waals surface area contributed by atoms with E-state index in [1.165, 1.54) is 0 Å². The number of hydrogen-bond acceptors (Lipinski definition) is 4. The number of nitrogens with one attached hydrogen (secondary N) is 1. The molecule has 4 heteroatoms. The molecule has 0 aliphatic carbocycles. The van der Waals surface area contributed by atoms with Crippen molar-refractivity contribution in [2.45, 2.75) is 6.92 Å². The van der Waals surface area contributed by atoms with Crippen LogP contribution >= 0.6 is 0 Å². The molecule has 2 N–H and O–H groups in total. The van der Waals surface area contributed by atoms with Crippen molar-refractivity contribution in [3.05, 3.63) is 48.0 Å². The molecule has 18 heavy (non-hydrogen) atoms. The highest BCUT2D eigenvalue weighted by Crippen LogP contribution is 2.24. The van der Waals surface area contributed by atoms with E-state index >= 15 is 0 Å². The highest BCUT2D eigenvalue weighted by Gasteiger charge is 1.97. The quantitative estimate of drug-likeness (QED) is 0.793. The molecule has 0 radical (unpaired) electrons. The highest BCUT2D eigenvalue weighted by atomic mass is 16.3. The van der Waals surface area contributed by atoms with Crippen LogP contribution in [0.2, 0.25) is 0 Å². The Morgan fingerprint density at radius 3 is 2.17 bits per heavy atom. The number of phenolic OH excluding ortho intramolecular Hbond substituents is 1. The number of anilines is 1. The van der Waals surface area contributed by atoms with Crippen molar-refractivity contribution in [3.8, 4) is 5.75 Å². The minimum absolute atomic E-state index is 0.271. The lowest BCUT2D eigenvalue weighted by Crippen LogP contribution is -1.85. The van der Waals surface area contributed by atoms with Gasteiger partial charge in [0.1, 0.15) is 5.75 Å². The smallest absolute Gasteiger partial charge is 0.118 e. The fraction of sp³-hybridized carbons (Fsp3) is 0.143. The van der Waals surface area contributed by atoms with E-state index in [0.29, 0.717) is 0 Å². The lowest BCUT2D eigenvalue weighted by atomic mass is 10.2. The molecule has 0 fully saturated rings. The van der Waals surface area contributed by atoms with Crippen molar-refractivity contribution in [2.75, 3.05) is 12.4 Å². The van der Waals surface area contributed by atoms with Gasteiger partial charge in [0.25, 0.3) is 0 Å². The highest BCUT2D eigenvalue weighted by molar-refractivity contribution is 5.51. The van der Waals surface area contributed by atoms with Crippen molar-refractivity contribution in [3.63, 3.8) is 0 Å². The van der Waals surface area contributed by atoms with Crippen molar-refractivity contribution < 1.29 is 5.11 Å². The first-order chi connectivity index (χ1) is 8.69. The molecule has 0 spiro atoms. The van der Waals surface area contributed by atoms with E-state index in [1.54, 1.807) is 18.2 Å². The van der Waals surface area contributed by atoms with Gasteiger partial charge in [-0.25, -0.2) is 0 Å². The maximum absolute atomic E-state index is 9.41. The first-order valence-corrected chi connectivity index (χ1v) is 5.68. The molecule has 0 heterocycles. The van der Waals surface area contributed by atoms with Gasteiger partial charge in [-0.15, -0.1) is 0 Å². The number of aryl methyl sites for hydroxylation is 1. The van der Waals surface area contributed by atoms with Crippen LogP contribution in [0.5, 0.6) is 5.75 Å². The minimum Gasteiger partial charge on any atom is -0.508 e. The first kappa shape index (κ1) is 12.1. The maximum Gasteiger partial charge on any atom is 0.118 e. The minimum atomic E-state index is 0.271. The van der Waals surface area contributed by atoms with E-state index in [1.807, 2.05) is 38.2 Å². The van der Waals surface area contributed by atoms with Crippen LogP contribution in [0.4, 0.5) is 17.1 Å². The molecule has 0 saturated carbocycles. The van der Waals surface area contributed by atoms with Crippen molar-refractivity contribution >= 4 is 17.1 Å². The molecule has 0 unspecified atom stereocenters. The Morgan fingerprint density at radius 1 is 0.944 bits per heavy atom. The van der Waals surface area contributed by atoms with Gasteiger partial charge < -0.3 is 10.4 Å². The molecule has 2 aromatic carbocycles. The summed E-state index contributed by atoms with van der Waals surface area (Å²) in [6.07, 6.45) is 0. The lowest BCUT2D eigenvalue weighted by Gasteiger charge is -2.00. The van der Waals surface area contributed by atoms with Crippen molar-refractivity contribution in [1.82, 2.24) is 0 Å². The zero-order valence-electron chi connectivity index (χ0n) is 10.4. The molecule has 2 rings (SSSR count). The van der Waals surface area contributed by atoms with Gasteiger partial charge in [0.2, 0.25) is 0 Å². The van der Waals surface area contributed by atoms with Crippen LogP contribution in [0.15, 0.2) is 52.7 Å². The fourth-order valence-electron chi connectivity index (χ4n) is 1.51. The zero-order chi connectivity index (χ0) is 13.0. The number of rotatable bonds is 3. The predicted molar refractivity (Wildman–Crippen MR) is 73.0 cm³/mol. The Bertz CT molecular complexity index is 562. The summed E-state index contributed by atoms with van der Waals surface area (Å²) >= 11 is 0. The van der Waals surface area contributed by atoms with Crippen LogP contribution in [-0.4, -0.2) is 12.2 Å². The van der Waals surface area contributed by atoms with Crippen molar-refractivity contribution in [1.29, 1.82) is 0 Å². The molecule has 0 aliphatic rings. The summed E-state index contributed by atoms with van der Waals surface area (Å²) in [5.74, 6) is 0.271. The normalized spacial score (nSPS) is 10.8. The second-order valence-corrected chi connectivity index (χ2v) is 3.97. The molecule has 4 nitrogen and oxygen atoms in total. The van der Waals surface area contributed by atoms with E-state index in [2.05, 4.69) is 15.5 Å². The third kappa shape index (κ3) is 2.85. The monoisotopic (exact) mass is 241 g/mol. The number of phenols is 1. The molecule has 0 aliphatic heterocycles. The molecule has 0 saturated heterocycles. The average Bonchev–Trinajstić information content (AvgIpc) is 2.41. The van der Waals surface area contributed by atoms with Gasteiger partial charge in [-0.2, -0.15) is 10.2 Å². The van der Waals surface area contributed by atoms with Gasteiger partial charge in [0.05, 0.1) is 11.4 Å². The second kappa shape index (κ2) is 5.31. The summed E-state index contributed by atoms with van der Waals surface area (Å²) in [7, 11) is 1.87. The van der Waals surface area contributed by atoms with E-state index in [4.69, 9.17) is 0 Å². The second-order valence-electron chi connectivity index (χ2n) is 3.97. The van der Waals surface area contributed by atoms with Gasteiger partial charge >= 0.3 is 0 Å². The van der Waals surface area contributed by atoms with E-state index in [-0.39, 0.29) is 5.75 Å². The Morgan fingerprint density at radius 2 is 1.56 bits per heavy atom.